The van der Waals surface area contributed by atoms with Gasteiger partial charge in [-0.25, -0.2) is 0 Å². The van der Waals surface area contributed by atoms with E-state index in [1.165, 1.54) is 11.4 Å². The standard InChI is InChI=1S/C7H8F3NS/c8-7(9,10)6-5(1-3-11)2-4-12-6/h2,4H,1,3,11H2. The molecule has 0 radical (unpaired) electrons. The van der Waals surface area contributed by atoms with Gasteiger partial charge in [0.1, 0.15) is 4.88 Å². The number of rotatable bonds is 2. The Hall–Kier alpha value is -0.550. The van der Waals surface area contributed by atoms with Gasteiger partial charge >= 0.3 is 6.18 Å². The van der Waals surface area contributed by atoms with Crippen molar-refractivity contribution >= 4 is 11.3 Å². The van der Waals surface area contributed by atoms with Crippen molar-refractivity contribution in [3.05, 3.63) is 21.9 Å². The van der Waals surface area contributed by atoms with Crippen molar-refractivity contribution in [2.75, 3.05) is 6.54 Å². The minimum atomic E-state index is -4.22. The quantitative estimate of drug-likeness (QED) is 0.769. The van der Waals surface area contributed by atoms with Crippen LogP contribution in [0, 0.1) is 0 Å². The molecule has 0 atom stereocenters. The van der Waals surface area contributed by atoms with Crippen molar-refractivity contribution in [2.24, 2.45) is 5.73 Å². The number of hydrogen-bond acceptors (Lipinski definition) is 2. The average Bonchev–Trinajstić information content (AvgIpc) is 2.34. The molecule has 68 valence electrons. The summed E-state index contributed by atoms with van der Waals surface area (Å²) >= 11 is 0.716. The van der Waals surface area contributed by atoms with Crippen LogP contribution in [0.15, 0.2) is 11.4 Å². The fourth-order valence-electron chi connectivity index (χ4n) is 0.937. The molecule has 1 aromatic rings. The van der Waals surface area contributed by atoms with Crippen molar-refractivity contribution in [3.63, 3.8) is 0 Å². The Labute approximate surface area is 72.0 Å². The lowest BCUT2D eigenvalue weighted by atomic mass is 10.2. The van der Waals surface area contributed by atoms with E-state index in [1.807, 2.05) is 0 Å². The van der Waals surface area contributed by atoms with E-state index in [9.17, 15) is 13.2 Å². The lowest BCUT2D eigenvalue weighted by Gasteiger charge is -2.05. The van der Waals surface area contributed by atoms with Crippen LogP contribution in [-0.4, -0.2) is 6.54 Å². The maximum atomic E-state index is 12.2. The zero-order valence-electron chi connectivity index (χ0n) is 6.19. The summed E-state index contributed by atoms with van der Waals surface area (Å²) in [5.74, 6) is 0. The third kappa shape index (κ3) is 1.98. The summed E-state index contributed by atoms with van der Waals surface area (Å²) < 4.78 is 36.5. The number of hydrogen-bond donors (Lipinski definition) is 1. The van der Waals surface area contributed by atoms with E-state index in [-0.39, 0.29) is 6.54 Å². The first-order valence-electron chi connectivity index (χ1n) is 3.39. The van der Waals surface area contributed by atoms with Gasteiger partial charge in [-0.1, -0.05) is 0 Å². The van der Waals surface area contributed by atoms with Crippen LogP contribution in [0.3, 0.4) is 0 Å². The van der Waals surface area contributed by atoms with Crippen molar-refractivity contribution < 1.29 is 13.2 Å². The molecular formula is C7H8F3NS. The third-order valence-electron chi connectivity index (χ3n) is 1.42. The Kier molecular flexibility index (Phi) is 2.74. The molecule has 0 aliphatic rings. The molecule has 0 aromatic carbocycles. The summed E-state index contributed by atoms with van der Waals surface area (Å²) in [6, 6.07) is 1.47. The van der Waals surface area contributed by atoms with Gasteiger partial charge in [0, 0.05) is 0 Å². The fourth-order valence-corrected chi connectivity index (χ4v) is 1.76. The molecule has 0 saturated carbocycles. The van der Waals surface area contributed by atoms with Gasteiger partial charge in [-0.05, 0) is 30.0 Å². The molecule has 5 heteroatoms. The maximum absolute atomic E-state index is 12.2. The maximum Gasteiger partial charge on any atom is 0.425 e. The number of alkyl halides is 3. The molecule has 1 rings (SSSR count). The van der Waals surface area contributed by atoms with E-state index in [0.717, 1.165) is 0 Å². The van der Waals surface area contributed by atoms with Gasteiger partial charge in [-0.15, -0.1) is 11.3 Å². The largest absolute Gasteiger partial charge is 0.425 e. The Morgan fingerprint density at radius 1 is 1.42 bits per heavy atom. The van der Waals surface area contributed by atoms with Crippen LogP contribution in [0.1, 0.15) is 10.4 Å². The van der Waals surface area contributed by atoms with Gasteiger partial charge in [0.05, 0.1) is 0 Å². The molecule has 0 bridgehead atoms. The van der Waals surface area contributed by atoms with Crippen LogP contribution in [0.25, 0.3) is 0 Å². The molecule has 2 N–H and O–H groups in total. The molecule has 0 aliphatic heterocycles. The number of halogens is 3. The summed E-state index contributed by atoms with van der Waals surface area (Å²) in [6.45, 7) is 0.250. The summed E-state index contributed by atoms with van der Waals surface area (Å²) in [5.41, 5.74) is 5.47. The molecule has 0 spiro atoms. The highest BCUT2D eigenvalue weighted by Gasteiger charge is 2.34. The van der Waals surface area contributed by atoms with E-state index >= 15 is 0 Å². The topological polar surface area (TPSA) is 26.0 Å². The third-order valence-corrected chi connectivity index (χ3v) is 2.42. The minimum absolute atomic E-state index is 0.250. The first-order valence-corrected chi connectivity index (χ1v) is 4.27. The van der Waals surface area contributed by atoms with Gasteiger partial charge in [0.15, 0.2) is 0 Å². The van der Waals surface area contributed by atoms with Gasteiger partial charge in [-0.2, -0.15) is 13.2 Å². The Morgan fingerprint density at radius 2 is 2.08 bits per heavy atom. The average molecular weight is 195 g/mol. The van der Waals surface area contributed by atoms with E-state index in [4.69, 9.17) is 5.73 Å². The van der Waals surface area contributed by atoms with Gasteiger partial charge in [0.25, 0.3) is 0 Å². The minimum Gasteiger partial charge on any atom is -0.330 e. The second kappa shape index (κ2) is 3.45. The predicted octanol–water partition coefficient (Wildman–Crippen LogP) is 2.27. The summed E-state index contributed by atoms with van der Waals surface area (Å²) in [7, 11) is 0. The smallest absolute Gasteiger partial charge is 0.330 e. The molecular weight excluding hydrogens is 187 g/mol. The Balaban J connectivity index is 2.91. The van der Waals surface area contributed by atoms with E-state index < -0.39 is 11.1 Å². The van der Waals surface area contributed by atoms with Crippen LogP contribution in [0.2, 0.25) is 0 Å². The van der Waals surface area contributed by atoms with Crippen molar-refractivity contribution in [1.82, 2.24) is 0 Å². The van der Waals surface area contributed by atoms with Crippen LogP contribution in [-0.2, 0) is 12.6 Å². The molecule has 0 unspecified atom stereocenters. The molecule has 12 heavy (non-hydrogen) atoms. The fraction of sp³-hybridized carbons (Fsp3) is 0.429. The zero-order valence-corrected chi connectivity index (χ0v) is 7.00. The number of nitrogens with two attached hydrogens (primary N) is 1. The first-order chi connectivity index (χ1) is 5.55. The predicted molar refractivity (Wildman–Crippen MR) is 42.1 cm³/mol. The lowest BCUT2D eigenvalue weighted by molar-refractivity contribution is -0.134. The van der Waals surface area contributed by atoms with E-state index in [2.05, 4.69) is 0 Å². The van der Waals surface area contributed by atoms with E-state index in [1.54, 1.807) is 0 Å². The summed E-state index contributed by atoms with van der Waals surface area (Å²) in [4.78, 5) is -0.520. The van der Waals surface area contributed by atoms with Crippen molar-refractivity contribution in [3.8, 4) is 0 Å². The molecule has 0 aliphatic carbocycles. The van der Waals surface area contributed by atoms with Crippen LogP contribution >= 0.6 is 11.3 Å². The normalized spacial score (nSPS) is 12.0. The van der Waals surface area contributed by atoms with Gasteiger partial charge in [-0.3, -0.25) is 0 Å². The SMILES string of the molecule is NCCc1ccsc1C(F)(F)F. The molecule has 0 amide bonds. The molecule has 1 nitrogen and oxygen atoms in total. The van der Waals surface area contributed by atoms with Gasteiger partial charge < -0.3 is 5.73 Å². The molecule has 1 heterocycles. The summed E-state index contributed by atoms with van der Waals surface area (Å²) in [5, 5.41) is 1.44. The van der Waals surface area contributed by atoms with Crippen LogP contribution in [0.4, 0.5) is 13.2 Å². The highest BCUT2D eigenvalue weighted by atomic mass is 32.1. The van der Waals surface area contributed by atoms with Crippen LogP contribution in [0.5, 0.6) is 0 Å². The highest BCUT2D eigenvalue weighted by molar-refractivity contribution is 7.10. The number of thiophene rings is 1. The second-order valence-corrected chi connectivity index (χ2v) is 3.23. The molecule has 1 aromatic heterocycles. The second-order valence-electron chi connectivity index (χ2n) is 2.31. The van der Waals surface area contributed by atoms with Crippen molar-refractivity contribution in [2.45, 2.75) is 12.6 Å². The molecule has 0 saturated heterocycles. The summed E-state index contributed by atoms with van der Waals surface area (Å²) in [6.07, 6.45) is -3.93. The monoisotopic (exact) mass is 195 g/mol. The molecule has 0 fully saturated rings. The Morgan fingerprint density at radius 3 is 2.58 bits per heavy atom. The highest BCUT2D eigenvalue weighted by Crippen LogP contribution is 2.35. The van der Waals surface area contributed by atoms with E-state index in [0.29, 0.717) is 23.3 Å². The first kappa shape index (κ1) is 9.54. The Bertz CT molecular complexity index is 253. The van der Waals surface area contributed by atoms with Crippen molar-refractivity contribution in [1.29, 1.82) is 0 Å². The lowest BCUT2D eigenvalue weighted by Crippen LogP contribution is -2.09. The van der Waals surface area contributed by atoms with Crippen LogP contribution < -0.4 is 5.73 Å². The zero-order chi connectivity index (χ0) is 9.19. The van der Waals surface area contributed by atoms with Gasteiger partial charge in [0.2, 0.25) is 0 Å².